The van der Waals surface area contributed by atoms with E-state index in [1.807, 2.05) is 18.2 Å². The van der Waals surface area contributed by atoms with E-state index in [4.69, 9.17) is 9.47 Å². The maximum atomic E-state index is 5.39. The highest BCUT2D eigenvalue weighted by Crippen LogP contribution is 2.38. The van der Waals surface area contributed by atoms with E-state index in [9.17, 15) is 0 Å². The number of benzene rings is 2. The number of ether oxygens (including phenoxy) is 2. The smallest absolute Gasteiger partial charge is 0.132 e. The summed E-state index contributed by atoms with van der Waals surface area (Å²) in [4.78, 5) is 2.35. The predicted octanol–water partition coefficient (Wildman–Crippen LogP) is 4.47. The summed E-state index contributed by atoms with van der Waals surface area (Å²) in [6.07, 6.45) is 0. The van der Waals surface area contributed by atoms with Crippen molar-refractivity contribution in [1.29, 1.82) is 0 Å². The van der Waals surface area contributed by atoms with Crippen LogP contribution in [0.5, 0.6) is 11.5 Å². The Balaban J connectivity index is 2.36. The zero-order valence-electron chi connectivity index (χ0n) is 11.7. The van der Waals surface area contributed by atoms with Gasteiger partial charge in [0, 0.05) is 4.90 Å². The molecule has 2 rings (SSSR count). The van der Waals surface area contributed by atoms with E-state index in [0.717, 1.165) is 22.0 Å². The van der Waals surface area contributed by atoms with Gasteiger partial charge >= 0.3 is 0 Å². The van der Waals surface area contributed by atoms with Crippen molar-refractivity contribution in [1.82, 2.24) is 0 Å². The molecule has 0 aliphatic heterocycles. The van der Waals surface area contributed by atoms with Crippen LogP contribution >= 0.6 is 11.8 Å². The van der Waals surface area contributed by atoms with Crippen molar-refractivity contribution in [3.05, 3.63) is 47.5 Å². The monoisotopic (exact) mass is 274 g/mol. The second kappa shape index (κ2) is 6.02. The van der Waals surface area contributed by atoms with Gasteiger partial charge in [-0.3, -0.25) is 0 Å². The van der Waals surface area contributed by atoms with Gasteiger partial charge in [0.25, 0.3) is 0 Å². The van der Waals surface area contributed by atoms with E-state index in [2.05, 4.69) is 32.0 Å². The van der Waals surface area contributed by atoms with Crippen molar-refractivity contribution < 1.29 is 9.47 Å². The molecule has 0 aliphatic rings. The zero-order valence-corrected chi connectivity index (χ0v) is 12.5. The lowest BCUT2D eigenvalue weighted by Crippen LogP contribution is -1.91. The van der Waals surface area contributed by atoms with Crippen LogP contribution in [0.4, 0.5) is 0 Å². The maximum Gasteiger partial charge on any atom is 0.132 e. The van der Waals surface area contributed by atoms with E-state index in [1.165, 1.54) is 10.5 Å². The third-order valence-corrected chi connectivity index (χ3v) is 4.20. The molecule has 0 N–H and O–H groups in total. The second-order valence-corrected chi connectivity index (χ2v) is 5.42. The van der Waals surface area contributed by atoms with Gasteiger partial charge in [-0.15, -0.1) is 0 Å². The Morgan fingerprint density at radius 2 is 1.47 bits per heavy atom. The van der Waals surface area contributed by atoms with Crippen molar-refractivity contribution in [2.45, 2.75) is 23.6 Å². The van der Waals surface area contributed by atoms with Gasteiger partial charge < -0.3 is 9.47 Å². The molecule has 0 heterocycles. The molecule has 0 spiro atoms. The van der Waals surface area contributed by atoms with E-state index in [1.54, 1.807) is 26.0 Å². The highest BCUT2D eigenvalue weighted by atomic mass is 32.2. The van der Waals surface area contributed by atoms with Gasteiger partial charge in [0.1, 0.15) is 11.5 Å². The third-order valence-electron chi connectivity index (χ3n) is 2.98. The molecule has 0 aliphatic carbocycles. The van der Waals surface area contributed by atoms with Crippen molar-refractivity contribution >= 4 is 11.8 Å². The molecule has 0 aromatic heterocycles. The van der Waals surface area contributed by atoms with Crippen LogP contribution in [0, 0.1) is 13.8 Å². The fourth-order valence-electron chi connectivity index (χ4n) is 1.91. The number of aryl methyl sites for hydroxylation is 2. The first-order valence-electron chi connectivity index (χ1n) is 6.12. The topological polar surface area (TPSA) is 18.5 Å². The van der Waals surface area contributed by atoms with Crippen molar-refractivity contribution in [2.75, 3.05) is 14.2 Å². The Hall–Kier alpha value is -1.61. The molecule has 0 atom stereocenters. The molecular weight excluding hydrogens is 256 g/mol. The van der Waals surface area contributed by atoms with Crippen LogP contribution in [0.3, 0.4) is 0 Å². The van der Waals surface area contributed by atoms with Gasteiger partial charge in [-0.05, 0) is 49.2 Å². The van der Waals surface area contributed by atoms with Crippen LogP contribution in [0.1, 0.15) is 11.1 Å². The molecule has 100 valence electrons. The summed E-state index contributed by atoms with van der Waals surface area (Å²) in [5, 5.41) is 0. The zero-order chi connectivity index (χ0) is 13.8. The van der Waals surface area contributed by atoms with Gasteiger partial charge in [-0.2, -0.15) is 0 Å². The Kier molecular flexibility index (Phi) is 4.38. The average Bonchev–Trinajstić information content (AvgIpc) is 2.43. The van der Waals surface area contributed by atoms with E-state index >= 15 is 0 Å². The molecule has 3 heteroatoms. The fourth-order valence-corrected chi connectivity index (χ4v) is 3.01. The minimum absolute atomic E-state index is 0.903. The van der Waals surface area contributed by atoms with Crippen LogP contribution in [0.15, 0.2) is 46.2 Å². The van der Waals surface area contributed by atoms with Crippen LogP contribution in [0.25, 0.3) is 0 Å². The molecule has 0 saturated carbocycles. The summed E-state index contributed by atoms with van der Waals surface area (Å²) in [7, 11) is 3.40. The number of hydrogen-bond donors (Lipinski definition) is 0. The third kappa shape index (κ3) is 3.04. The predicted molar refractivity (Wildman–Crippen MR) is 79.6 cm³/mol. The Labute approximate surface area is 118 Å². The Bertz CT molecular complexity index is 579. The summed E-state index contributed by atoms with van der Waals surface area (Å²) in [6, 6.07) is 12.3. The molecule has 0 amide bonds. The minimum Gasteiger partial charge on any atom is -0.496 e. The SMILES string of the molecule is COc1cc(C)c(Sc2ccccc2OC)cc1C. The summed E-state index contributed by atoms with van der Waals surface area (Å²) in [6.45, 7) is 4.16. The van der Waals surface area contributed by atoms with Crippen LogP contribution in [-0.2, 0) is 0 Å². The number of rotatable bonds is 4. The summed E-state index contributed by atoms with van der Waals surface area (Å²) < 4.78 is 10.7. The van der Waals surface area contributed by atoms with Crippen LogP contribution in [-0.4, -0.2) is 14.2 Å². The molecule has 0 saturated heterocycles. The molecule has 0 bridgehead atoms. The molecule has 2 nitrogen and oxygen atoms in total. The lowest BCUT2D eigenvalue weighted by atomic mass is 10.1. The number of hydrogen-bond acceptors (Lipinski definition) is 3. The van der Waals surface area contributed by atoms with Gasteiger partial charge in [0.2, 0.25) is 0 Å². The Morgan fingerprint density at radius 1 is 0.789 bits per heavy atom. The van der Waals surface area contributed by atoms with Crippen molar-refractivity contribution in [3.8, 4) is 11.5 Å². The van der Waals surface area contributed by atoms with Gasteiger partial charge in [0.05, 0.1) is 19.1 Å². The van der Waals surface area contributed by atoms with Crippen LogP contribution in [0.2, 0.25) is 0 Å². The highest BCUT2D eigenvalue weighted by Gasteiger charge is 2.09. The fraction of sp³-hybridized carbons (Fsp3) is 0.250. The Morgan fingerprint density at radius 3 is 2.16 bits per heavy atom. The molecule has 2 aromatic carbocycles. The summed E-state index contributed by atoms with van der Waals surface area (Å²) in [5.41, 5.74) is 2.35. The van der Waals surface area contributed by atoms with Gasteiger partial charge in [-0.1, -0.05) is 23.9 Å². The number of para-hydroxylation sites is 1. The summed E-state index contributed by atoms with van der Waals surface area (Å²) >= 11 is 1.72. The molecule has 0 unspecified atom stereocenters. The average molecular weight is 274 g/mol. The van der Waals surface area contributed by atoms with E-state index in [-0.39, 0.29) is 0 Å². The minimum atomic E-state index is 0.903. The molecular formula is C16H18O2S. The molecule has 2 aromatic rings. The van der Waals surface area contributed by atoms with E-state index in [0.29, 0.717) is 0 Å². The molecule has 0 fully saturated rings. The van der Waals surface area contributed by atoms with Gasteiger partial charge in [0.15, 0.2) is 0 Å². The lowest BCUT2D eigenvalue weighted by Gasteiger charge is -2.12. The largest absolute Gasteiger partial charge is 0.496 e. The van der Waals surface area contributed by atoms with Crippen molar-refractivity contribution in [2.24, 2.45) is 0 Å². The van der Waals surface area contributed by atoms with Crippen LogP contribution < -0.4 is 9.47 Å². The summed E-state index contributed by atoms with van der Waals surface area (Å²) in [5.74, 6) is 1.84. The quantitative estimate of drug-likeness (QED) is 0.819. The van der Waals surface area contributed by atoms with E-state index < -0.39 is 0 Å². The lowest BCUT2D eigenvalue weighted by molar-refractivity contribution is 0.405. The first kappa shape index (κ1) is 13.8. The highest BCUT2D eigenvalue weighted by molar-refractivity contribution is 7.99. The molecule has 0 radical (unpaired) electrons. The first-order valence-corrected chi connectivity index (χ1v) is 6.93. The second-order valence-electron chi connectivity index (χ2n) is 4.34. The van der Waals surface area contributed by atoms with Gasteiger partial charge in [-0.25, -0.2) is 0 Å². The number of methoxy groups -OCH3 is 2. The first-order chi connectivity index (χ1) is 9.15. The normalized spacial score (nSPS) is 10.3. The molecule has 19 heavy (non-hydrogen) atoms. The van der Waals surface area contributed by atoms with Crippen molar-refractivity contribution in [3.63, 3.8) is 0 Å². The standard InChI is InChI=1S/C16H18O2S/c1-11-10-16(12(2)9-14(11)18-4)19-15-8-6-5-7-13(15)17-3/h5-10H,1-4H3. The maximum absolute atomic E-state index is 5.39.